The van der Waals surface area contributed by atoms with E-state index in [4.69, 9.17) is 4.98 Å². The summed E-state index contributed by atoms with van der Waals surface area (Å²) >= 11 is 0. The van der Waals surface area contributed by atoms with Crippen molar-refractivity contribution in [1.82, 2.24) is 34.8 Å². The first-order valence-corrected chi connectivity index (χ1v) is 15.5. The number of pyridine rings is 1. The Kier molecular flexibility index (Phi) is 7.67. The molecule has 11 nitrogen and oxygen atoms in total. The second-order valence-electron chi connectivity index (χ2n) is 10.8. The molecule has 0 saturated heterocycles. The Morgan fingerprint density at radius 2 is 1.82 bits per heavy atom. The summed E-state index contributed by atoms with van der Waals surface area (Å²) in [5.41, 5.74) is 6.79. The van der Waals surface area contributed by atoms with Crippen molar-refractivity contribution in [3.05, 3.63) is 84.4 Å². The largest absolute Gasteiger partial charge is 0.337 e. The van der Waals surface area contributed by atoms with Crippen molar-refractivity contribution < 1.29 is 17.6 Å². The number of carbonyl (C=O) groups excluding carboxylic acids is 1. The minimum atomic E-state index is -3.44. The molecular weight excluding hydrogens is 583 g/mol. The van der Waals surface area contributed by atoms with Crippen LogP contribution >= 0.6 is 0 Å². The number of nitrogens with zero attached hydrogens (tertiary/aromatic N) is 4. The predicted octanol–water partition coefficient (Wildman–Crippen LogP) is 4.52. The third-order valence-electron chi connectivity index (χ3n) is 6.92. The van der Waals surface area contributed by atoms with Crippen LogP contribution in [-0.2, 0) is 21.4 Å². The van der Waals surface area contributed by atoms with Crippen LogP contribution in [0.5, 0.6) is 0 Å². The zero-order valence-electron chi connectivity index (χ0n) is 24.1. The highest BCUT2D eigenvalue weighted by molar-refractivity contribution is 7.88. The molecule has 6 aromatic rings. The second kappa shape index (κ2) is 11.6. The average Bonchev–Trinajstić information content (AvgIpc) is 3.59. The molecule has 3 aromatic carbocycles. The number of anilines is 1. The molecular formula is C31H29FN8O3S. The maximum atomic E-state index is 14.6. The minimum Gasteiger partial charge on any atom is -0.337 e. The smallest absolute Gasteiger partial charge is 0.238 e. The summed E-state index contributed by atoms with van der Waals surface area (Å²) in [6.45, 7) is 0.225. The number of aromatic amines is 2. The number of rotatable bonds is 9. The van der Waals surface area contributed by atoms with Crippen molar-refractivity contribution >= 4 is 43.6 Å². The molecule has 0 bridgehead atoms. The van der Waals surface area contributed by atoms with Crippen LogP contribution < -0.4 is 10.0 Å². The van der Waals surface area contributed by atoms with Gasteiger partial charge in [-0.25, -0.2) is 22.5 Å². The molecule has 0 aliphatic heterocycles. The number of likely N-dealkylation sites (N-methyl/N-ethyl adjacent to an activating group) is 1. The summed E-state index contributed by atoms with van der Waals surface area (Å²) in [5.74, 6) is -0.0953. The van der Waals surface area contributed by atoms with Crippen LogP contribution in [0.3, 0.4) is 0 Å². The molecule has 0 unspecified atom stereocenters. The van der Waals surface area contributed by atoms with E-state index in [9.17, 15) is 17.6 Å². The summed E-state index contributed by atoms with van der Waals surface area (Å²) in [6.07, 6.45) is 4.39. The highest BCUT2D eigenvalue weighted by Gasteiger charge is 2.17. The van der Waals surface area contributed by atoms with Gasteiger partial charge in [-0.15, -0.1) is 0 Å². The van der Waals surface area contributed by atoms with Gasteiger partial charge in [0.25, 0.3) is 0 Å². The van der Waals surface area contributed by atoms with Gasteiger partial charge in [0, 0.05) is 29.3 Å². The summed E-state index contributed by atoms with van der Waals surface area (Å²) in [6, 6.07) is 17.7. The fourth-order valence-corrected chi connectivity index (χ4v) is 5.46. The molecule has 3 aromatic heterocycles. The van der Waals surface area contributed by atoms with Crippen molar-refractivity contribution in [2.45, 2.75) is 6.54 Å². The number of halogens is 1. The van der Waals surface area contributed by atoms with Crippen molar-refractivity contribution in [3.63, 3.8) is 0 Å². The van der Waals surface area contributed by atoms with Gasteiger partial charge in [0.2, 0.25) is 15.9 Å². The third kappa shape index (κ3) is 6.34. The molecule has 3 heterocycles. The lowest BCUT2D eigenvalue weighted by Crippen LogP contribution is -2.27. The number of fused-ring (bicyclic) bond motifs is 2. The Labute approximate surface area is 252 Å². The standard InChI is InChI=1S/C31H29FN8O3S/c1-40(2)17-28(41)35-23-12-21(15-33-16-23)19-7-8-26-25(13-19)30(39-38-26)31-36-27-6-4-5-24(29(27)37-31)20-9-18(10-22(32)11-20)14-34-44(3,42)43/h4-13,15-16,34H,14,17H2,1-3H3,(H,35,41)(H,36,37)(H,38,39). The maximum absolute atomic E-state index is 14.6. The van der Waals surface area contributed by atoms with E-state index in [2.05, 4.69) is 30.2 Å². The molecule has 0 atom stereocenters. The predicted molar refractivity (Wildman–Crippen MR) is 169 cm³/mol. The Balaban J connectivity index is 1.36. The minimum absolute atomic E-state index is 0.0339. The molecule has 0 spiro atoms. The SMILES string of the molecule is CN(C)CC(=O)Nc1cncc(-c2ccc3[nH]nc(-c4nc5c(-c6cc(F)cc(CNS(C)(=O)=O)c6)cccc5[nH]4)c3c2)c1. The zero-order chi connectivity index (χ0) is 31.0. The number of carbonyl (C=O) groups is 1. The fourth-order valence-electron chi connectivity index (χ4n) is 5.03. The Morgan fingerprint density at radius 1 is 0.977 bits per heavy atom. The van der Waals surface area contributed by atoms with E-state index >= 15 is 0 Å². The maximum Gasteiger partial charge on any atom is 0.238 e. The van der Waals surface area contributed by atoms with Crippen LogP contribution in [0.1, 0.15) is 5.56 Å². The van der Waals surface area contributed by atoms with Gasteiger partial charge in [0.1, 0.15) is 11.5 Å². The topological polar surface area (TPSA) is 149 Å². The molecule has 0 aliphatic carbocycles. The van der Waals surface area contributed by atoms with E-state index in [0.29, 0.717) is 39.4 Å². The number of para-hydroxylation sites is 1. The monoisotopic (exact) mass is 612 g/mol. The Bertz CT molecular complexity index is 2140. The van der Waals surface area contributed by atoms with Crippen molar-refractivity contribution in [3.8, 4) is 33.8 Å². The molecule has 13 heteroatoms. The summed E-state index contributed by atoms with van der Waals surface area (Å²) < 4.78 is 40.1. The molecule has 0 fully saturated rings. The van der Waals surface area contributed by atoms with E-state index in [1.807, 2.05) is 56.6 Å². The molecule has 6 rings (SSSR count). The number of benzene rings is 3. The molecule has 44 heavy (non-hydrogen) atoms. The van der Waals surface area contributed by atoms with E-state index in [1.165, 1.54) is 12.1 Å². The summed E-state index contributed by atoms with van der Waals surface area (Å²) in [5, 5.41) is 11.3. The Hall–Kier alpha value is -4.98. The first kappa shape index (κ1) is 29.1. The number of imidazole rings is 1. The van der Waals surface area contributed by atoms with Crippen LogP contribution in [0.4, 0.5) is 10.1 Å². The number of amides is 1. The lowest BCUT2D eigenvalue weighted by molar-refractivity contribution is -0.116. The van der Waals surface area contributed by atoms with E-state index in [-0.39, 0.29) is 19.0 Å². The average molecular weight is 613 g/mol. The molecule has 0 radical (unpaired) electrons. The zero-order valence-corrected chi connectivity index (χ0v) is 25.0. The van der Waals surface area contributed by atoms with Gasteiger partial charge in [-0.3, -0.25) is 14.9 Å². The van der Waals surface area contributed by atoms with Gasteiger partial charge in [0.05, 0.1) is 41.2 Å². The van der Waals surface area contributed by atoms with Gasteiger partial charge in [0.15, 0.2) is 5.82 Å². The van der Waals surface area contributed by atoms with Crippen molar-refractivity contribution in [1.29, 1.82) is 0 Å². The molecule has 4 N–H and O–H groups in total. The number of sulfonamides is 1. The molecule has 1 amide bonds. The first-order chi connectivity index (χ1) is 21.0. The molecule has 224 valence electrons. The highest BCUT2D eigenvalue weighted by Crippen LogP contribution is 2.34. The van der Waals surface area contributed by atoms with Gasteiger partial charge < -0.3 is 15.2 Å². The van der Waals surface area contributed by atoms with E-state index in [0.717, 1.165) is 33.8 Å². The van der Waals surface area contributed by atoms with Crippen molar-refractivity contribution in [2.24, 2.45) is 0 Å². The van der Waals surface area contributed by atoms with Crippen molar-refractivity contribution in [2.75, 3.05) is 32.2 Å². The molecule has 0 saturated carbocycles. The van der Waals surface area contributed by atoms with Gasteiger partial charge in [-0.05, 0) is 73.3 Å². The second-order valence-corrected chi connectivity index (χ2v) is 12.6. The van der Waals surface area contributed by atoms with Gasteiger partial charge >= 0.3 is 0 Å². The summed E-state index contributed by atoms with van der Waals surface area (Å²) in [7, 11) is 0.215. The highest BCUT2D eigenvalue weighted by atomic mass is 32.2. The number of hydrogen-bond donors (Lipinski definition) is 4. The molecule has 0 aliphatic rings. The lowest BCUT2D eigenvalue weighted by atomic mass is 10.0. The summed E-state index contributed by atoms with van der Waals surface area (Å²) in [4.78, 5) is 26.6. The van der Waals surface area contributed by atoms with E-state index in [1.54, 1.807) is 23.4 Å². The number of nitrogens with one attached hydrogen (secondary N) is 4. The van der Waals surface area contributed by atoms with E-state index < -0.39 is 15.8 Å². The quantitative estimate of drug-likeness (QED) is 0.188. The van der Waals surface area contributed by atoms with Crippen LogP contribution in [0, 0.1) is 5.82 Å². The van der Waals surface area contributed by atoms with Gasteiger partial charge in [-0.2, -0.15) is 5.10 Å². The normalized spacial score (nSPS) is 11.9. The number of H-pyrrole nitrogens is 2. The number of aromatic nitrogens is 5. The number of hydrogen-bond acceptors (Lipinski definition) is 7. The van der Waals surface area contributed by atoms with Crippen LogP contribution in [0.15, 0.2) is 73.1 Å². The van der Waals surface area contributed by atoms with Crippen LogP contribution in [-0.4, -0.2) is 71.3 Å². The van der Waals surface area contributed by atoms with Crippen LogP contribution in [0.25, 0.3) is 55.7 Å². The Morgan fingerprint density at radius 3 is 2.61 bits per heavy atom. The first-order valence-electron chi connectivity index (χ1n) is 13.6. The van der Waals surface area contributed by atoms with Crippen LogP contribution in [0.2, 0.25) is 0 Å². The lowest BCUT2D eigenvalue weighted by Gasteiger charge is -2.11. The fraction of sp³-hybridized carbons (Fsp3) is 0.161. The van der Waals surface area contributed by atoms with Gasteiger partial charge in [-0.1, -0.05) is 18.2 Å². The third-order valence-corrected chi connectivity index (χ3v) is 7.59.